The highest BCUT2D eigenvalue weighted by Gasteiger charge is 2.07. The zero-order valence-electron chi connectivity index (χ0n) is 13.2. The van der Waals surface area contributed by atoms with Crippen LogP contribution in [0.25, 0.3) is 10.9 Å². The van der Waals surface area contributed by atoms with Crippen molar-refractivity contribution in [2.24, 2.45) is 0 Å². The predicted molar refractivity (Wildman–Crippen MR) is 99.5 cm³/mol. The normalized spacial score (nSPS) is 10.8. The molecule has 0 aliphatic carbocycles. The molecule has 122 valence electrons. The third kappa shape index (κ3) is 3.74. The molecule has 0 aliphatic rings. The van der Waals surface area contributed by atoms with Crippen molar-refractivity contribution in [2.75, 3.05) is 6.54 Å². The average Bonchev–Trinajstić information content (AvgIpc) is 2.56. The average molecular weight is 385 g/mol. The van der Waals surface area contributed by atoms with E-state index in [1.807, 2.05) is 43.3 Å². The Balaban J connectivity index is 1.68. The molecule has 1 amide bonds. The summed E-state index contributed by atoms with van der Waals surface area (Å²) in [5.41, 5.74) is 3.10. The summed E-state index contributed by atoms with van der Waals surface area (Å²) in [5.74, 6) is -0.143. The summed E-state index contributed by atoms with van der Waals surface area (Å²) in [5, 5.41) is 3.84. The van der Waals surface area contributed by atoms with Gasteiger partial charge in [-0.2, -0.15) is 0 Å². The lowest BCUT2D eigenvalue weighted by Gasteiger charge is -2.07. The van der Waals surface area contributed by atoms with Crippen molar-refractivity contribution in [3.05, 3.63) is 80.0 Å². The minimum atomic E-state index is -0.143. The van der Waals surface area contributed by atoms with E-state index in [1.54, 1.807) is 12.1 Å². The predicted octanol–water partition coefficient (Wildman–Crippen LogP) is 3.57. The molecule has 24 heavy (non-hydrogen) atoms. The van der Waals surface area contributed by atoms with E-state index in [0.717, 1.165) is 20.9 Å². The SMILES string of the molecule is Cc1ccc2cc(CCNC(=O)c3ccc(Br)cc3)c(=O)[nH]c2c1. The maximum atomic E-state index is 12.2. The molecule has 1 heterocycles. The quantitative estimate of drug-likeness (QED) is 0.721. The van der Waals surface area contributed by atoms with Gasteiger partial charge in [0.1, 0.15) is 0 Å². The highest BCUT2D eigenvalue weighted by atomic mass is 79.9. The Kier molecular flexibility index (Phi) is 4.81. The number of fused-ring (bicyclic) bond motifs is 1. The maximum Gasteiger partial charge on any atom is 0.251 e. The largest absolute Gasteiger partial charge is 0.352 e. The number of hydrogen-bond donors (Lipinski definition) is 2. The van der Waals surface area contributed by atoms with Gasteiger partial charge in [-0.1, -0.05) is 28.1 Å². The number of amides is 1. The zero-order valence-corrected chi connectivity index (χ0v) is 14.8. The van der Waals surface area contributed by atoms with Crippen molar-refractivity contribution < 1.29 is 4.79 Å². The Morgan fingerprint density at radius 2 is 1.88 bits per heavy atom. The topological polar surface area (TPSA) is 62.0 Å². The number of benzene rings is 2. The monoisotopic (exact) mass is 384 g/mol. The Morgan fingerprint density at radius 1 is 1.12 bits per heavy atom. The molecule has 0 saturated heterocycles. The highest BCUT2D eigenvalue weighted by molar-refractivity contribution is 9.10. The molecule has 0 atom stereocenters. The van der Waals surface area contributed by atoms with Gasteiger partial charge in [-0.3, -0.25) is 9.59 Å². The summed E-state index contributed by atoms with van der Waals surface area (Å²) in [6.45, 7) is 2.40. The zero-order chi connectivity index (χ0) is 17.1. The molecule has 5 heteroatoms. The van der Waals surface area contributed by atoms with Crippen molar-refractivity contribution in [3.8, 4) is 0 Å². The van der Waals surface area contributed by atoms with E-state index < -0.39 is 0 Å². The first-order chi connectivity index (χ1) is 11.5. The van der Waals surface area contributed by atoms with Crippen LogP contribution >= 0.6 is 15.9 Å². The van der Waals surface area contributed by atoms with Crippen molar-refractivity contribution in [1.29, 1.82) is 0 Å². The fourth-order valence-corrected chi connectivity index (χ4v) is 2.82. The number of carbonyl (C=O) groups excluding carboxylic acids is 1. The summed E-state index contributed by atoms with van der Waals surface area (Å²) >= 11 is 3.34. The van der Waals surface area contributed by atoms with E-state index in [0.29, 0.717) is 24.1 Å². The summed E-state index contributed by atoms with van der Waals surface area (Å²) in [4.78, 5) is 27.1. The third-order valence-electron chi connectivity index (χ3n) is 3.86. The van der Waals surface area contributed by atoms with Gasteiger partial charge < -0.3 is 10.3 Å². The fraction of sp³-hybridized carbons (Fsp3) is 0.158. The standard InChI is InChI=1S/C19H17BrN2O2/c1-12-2-3-14-11-15(19(24)22-17(14)10-12)8-9-21-18(23)13-4-6-16(20)7-5-13/h2-7,10-11H,8-9H2,1H3,(H,21,23)(H,22,24). The lowest BCUT2D eigenvalue weighted by molar-refractivity contribution is 0.0954. The van der Waals surface area contributed by atoms with E-state index >= 15 is 0 Å². The van der Waals surface area contributed by atoms with Gasteiger partial charge in [0.05, 0.1) is 0 Å². The molecule has 2 aromatic carbocycles. The maximum absolute atomic E-state index is 12.2. The van der Waals surface area contributed by atoms with Crippen LogP contribution in [-0.2, 0) is 6.42 Å². The Hall–Kier alpha value is -2.40. The first-order valence-corrected chi connectivity index (χ1v) is 8.48. The van der Waals surface area contributed by atoms with Crippen LogP contribution in [-0.4, -0.2) is 17.4 Å². The van der Waals surface area contributed by atoms with Gasteiger partial charge in [0, 0.05) is 27.7 Å². The van der Waals surface area contributed by atoms with Crippen LogP contribution in [0.1, 0.15) is 21.5 Å². The number of rotatable bonds is 4. The van der Waals surface area contributed by atoms with Crippen molar-refractivity contribution in [3.63, 3.8) is 0 Å². The third-order valence-corrected chi connectivity index (χ3v) is 4.39. The molecule has 3 rings (SSSR count). The first kappa shape index (κ1) is 16.5. The molecular formula is C19H17BrN2O2. The van der Waals surface area contributed by atoms with Crippen molar-refractivity contribution in [2.45, 2.75) is 13.3 Å². The van der Waals surface area contributed by atoms with Gasteiger partial charge in [-0.15, -0.1) is 0 Å². The molecule has 0 radical (unpaired) electrons. The number of nitrogens with one attached hydrogen (secondary N) is 2. The van der Waals surface area contributed by atoms with Crippen LogP contribution in [0.15, 0.2) is 57.8 Å². The van der Waals surface area contributed by atoms with Crippen LogP contribution in [0.3, 0.4) is 0 Å². The summed E-state index contributed by atoms with van der Waals surface area (Å²) in [6, 6.07) is 15.0. The Labute approximate surface area is 148 Å². The highest BCUT2D eigenvalue weighted by Crippen LogP contribution is 2.13. The fourth-order valence-electron chi connectivity index (χ4n) is 2.56. The molecule has 0 fully saturated rings. The van der Waals surface area contributed by atoms with E-state index in [-0.39, 0.29) is 11.5 Å². The number of carbonyl (C=O) groups is 1. The van der Waals surface area contributed by atoms with Gasteiger partial charge in [0.25, 0.3) is 11.5 Å². The number of pyridine rings is 1. The molecule has 4 nitrogen and oxygen atoms in total. The minimum absolute atomic E-state index is 0.106. The van der Waals surface area contributed by atoms with Crippen molar-refractivity contribution >= 4 is 32.7 Å². The van der Waals surface area contributed by atoms with E-state index in [9.17, 15) is 9.59 Å². The van der Waals surface area contributed by atoms with Crippen LogP contribution < -0.4 is 10.9 Å². The van der Waals surface area contributed by atoms with Gasteiger partial charge in [-0.25, -0.2) is 0 Å². The van der Waals surface area contributed by atoms with Crippen molar-refractivity contribution in [1.82, 2.24) is 10.3 Å². The second kappa shape index (κ2) is 7.01. The molecule has 0 bridgehead atoms. The van der Waals surface area contributed by atoms with E-state index in [2.05, 4.69) is 26.2 Å². The second-order valence-electron chi connectivity index (χ2n) is 5.73. The van der Waals surface area contributed by atoms with Crippen LogP contribution in [0, 0.1) is 6.92 Å². The molecule has 0 spiro atoms. The lowest BCUT2D eigenvalue weighted by Crippen LogP contribution is -2.27. The van der Waals surface area contributed by atoms with Crippen LogP contribution in [0.2, 0.25) is 0 Å². The van der Waals surface area contributed by atoms with E-state index in [1.165, 1.54) is 0 Å². The van der Waals surface area contributed by atoms with Gasteiger partial charge in [0.15, 0.2) is 0 Å². The molecular weight excluding hydrogens is 368 g/mol. The molecule has 3 aromatic rings. The smallest absolute Gasteiger partial charge is 0.251 e. The van der Waals surface area contributed by atoms with Gasteiger partial charge in [-0.05, 0) is 60.7 Å². The molecule has 1 aromatic heterocycles. The summed E-state index contributed by atoms with van der Waals surface area (Å²) < 4.78 is 0.928. The number of aromatic nitrogens is 1. The van der Waals surface area contributed by atoms with Gasteiger partial charge in [0.2, 0.25) is 0 Å². The van der Waals surface area contributed by atoms with Gasteiger partial charge >= 0.3 is 0 Å². The molecule has 0 saturated carbocycles. The minimum Gasteiger partial charge on any atom is -0.352 e. The Morgan fingerprint density at radius 3 is 2.62 bits per heavy atom. The molecule has 0 unspecified atom stereocenters. The molecule has 0 aliphatic heterocycles. The Bertz CT molecular complexity index is 946. The number of aromatic amines is 1. The molecule has 2 N–H and O–H groups in total. The summed E-state index contributed by atoms with van der Waals surface area (Å²) in [7, 11) is 0. The number of hydrogen-bond acceptors (Lipinski definition) is 2. The van der Waals surface area contributed by atoms with E-state index in [4.69, 9.17) is 0 Å². The number of aryl methyl sites for hydroxylation is 1. The van der Waals surface area contributed by atoms with Crippen LogP contribution in [0.5, 0.6) is 0 Å². The van der Waals surface area contributed by atoms with Crippen LogP contribution in [0.4, 0.5) is 0 Å². The lowest BCUT2D eigenvalue weighted by atomic mass is 10.1. The second-order valence-corrected chi connectivity index (χ2v) is 6.64. The summed E-state index contributed by atoms with van der Waals surface area (Å²) in [6.07, 6.45) is 0.488. The number of H-pyrrole nitrogens is 1. The number of halogens is 1. The first-order valence-electron chi connectivity index (χ1n) is 7.69.